The van der Waals surface area contributed by atoms with E-state index < -0.39 is 0 Å². The fraction of sp³-hybridized carbons (Fsp3) is 0.571. The van der Waals surface area contributed by atoms with Gasteiger partial charge in [-0.3, -0.25) is 4.90 Å². The lowest BCUT2D eigenvalue weighted by molar-refractivity contribution is -0.0245. The molecule has 1 aromatic carbocycles. The highest BCUT2D eigenvalue weighted by atomic mass is 16.5. The molecule has 1 fully saturated rings. The first-order valence-corrected chi connectivity index (χ1v) is 6.15. The van der Waals surface area contributed by atoms with Crippen LogP contribution in [0.25, 0.3) is 0 Å². The van der Waals surface area contributed by atoms with Crippen LogP contribution >= 0.6 is 0 Å². The van der Waals surface area contributed by atoms with Gasteiger partial charge in [-0.25, -0.2) is 0 Å². The van der Waals surface area contributed by atoms with Gasteiger partial charge < -0.3 is 9.47 Å². The molecule has 3 heteroatoms. The number of ether oxygens (including phenoxy) is 2. The average Bonchev–Trinajstić information content (AvgIpc) is 2.25. The molecule has 1 aliphatic rings. The Bertz CT molecular complexity index is 344. The SMILES string of the molecule is COC[C@@H](C)N1CC(Oc2ccc(C)cc2)C1. The van der Waals surface area contributed by atoms with E-state index in [0.717, 1.165) is 25.4 Å². The number of benzene rings is 1. The molecule has 1 aliphatic heterocycles. The fourth-order valence-electron chi connectivity index (χ4n) is 2.06. The van der Waals surface area contributed by atoms with E-state index in [1.807, 2.05) is 12.1 Å². The van der Waals surface area contributed by atoms with Crippen molar-refractivity contribution < 1.29 is 9.47 Å². The Morgan fingerprint density at radius 1 is 1.29 bits per heavy atom. The summed E-state index contributed by atoms with van der Waals surface area (Å²) in [5.41, 5.74) is 1.27. The molecule has 17 heavy (non-hydrogen) atoms. The van der Waals surface area contributed by atoms with Crippen LogP contribution in [0.15, 0.2) is 24.3 Å². The molecule has 0 N–H and O–H groups in total. The third-order valence-electron chi connectivity index (χ3n) is 3.23. The van der Waals surface area contributed by atoms with Gasteiger partial charge in [-0.15, -0.1) is 0 Å². The summed E-state index contributed by atoms with van der Waals surface area (Å²) in [6.07, 6.45) is 0.331. The number of nitrogens with zero attached hydrogens (tertiary/aromatic N) is 1. The third-order valence-corrected chi connectivity index (χ3v) is 3.23. The molecule has 94 valence electrons. The summed E-state index contributed by atoms with van der Waals surface area (Å²) in [6, 6.07) is 8.73. The Kier molecular flexibility index (Phi) is 4.02. The Morgan fingerprint density at radius 2 is 1.94 bits per heavy atom. The third kappa shape index (κ3) is 3.20. The second kappa shape index (κ2) is 5.52. The van der Waals surface area contributed by atoms with Gasteiger partial charge in [-0.2, -0.15) is 0 Å². The van der Waals surface area contributed by atoms with E-state index in [1.165, 1.54) is 5.56 Å². The zero-order valence-corrected chi connectivity index (χ0v) is 10.8. The minimum atomic E-state index is 0.331. The molecule has 1 saturated heterocycles. The molecule has 0 aromatic heterocycles. The van der Waals surface area contributed by atoms with Crippen LogP contribution in [-0.2, 0) is 4.74 Å². The summed E-state index contributed by atoms with van der Waals surface area (Å²) in [5, 5.41) is 0. The van der Waals surface area contributed by atoms with Gasteiger partial charge in [0.05, 0.1) is 6.61 Å². The maximum absolute atomic E-state index is 5.88. The van der Waals surface area contributed by atoms with E-state index in [1.54, 1.807) is 7.11 Å². The van der Waals surface area contributed by atoms with Crippen LogP contribution in [0, 0.1) is 6.92 Å². The van der Waals surface area contributed by atoms with Crippen molar-refractivity contribution in [1.29, 1.82) is 0 Å². The van der Waals surface area contributed by atoms with Crippen molar-refractivity contribution in [3.05, 3.63) is 29.8 Å². The molecule has 0 spiro atoms. The molecule has 0 amide bonds. The molecule has 1 atom stereocenters. The van der Waals surface area contributed by atoms with Gasteiger partial charge in [-0.1, -0.05) is 17.7 Å². The van der Waals surface area contributed by atoms with Crippen molar-refractivity contribution in [3.63, 3.8) is 0 Å². The molecular formula is C14H21NO2. The number of hydrogen-bond donors (Lipinski definition) is 0. The highest BCUT2D eigenvalue weighted by molar-refractivity contribution is 5.26. The van der Waals surface area contributed by atoms with Crippen LogP contribution in [-0.4, -0.2) is 43.9 Å². The Morgan fingerprint density at radius 3 is 2.53 bits per heavy atom. The van der Waals surface area contributed by atoms with Crippen LogP contribution in [0.5, 0.6) is 5.75 Å². The second-order valence-electron chi connectivity index (χ2n) is 4.81. The number of aryl methyl sites for hydroxylation is 1. The summed E-state index contributed by atoms with van der Waals surface area (Å²) in [7, 11) is 1.75. The lowest BCUT2D eigenvalue weighted by atomic mass is 10.1. The monoisotopic (exact) mass is 235 g/mol. The minimum absolute atomic E-state index is 0.331. The Hall–Kier alpha value is -1.06. The maximum Gasteiger partial charge on any atom is 0.124 e. The fourth-order valence-corrected chi connectivity index (χ4v) is 2.06. The Labute approximate surface area is 103 Å². The first-order valence-electron chi connectivity index (χ1n) is 6.15. The molecule has 0 aliphatic carbocycles. The van der Waals surface area contributed by atoms with Gasteiger partial charge in [-0.05, 0) is 26.0 Å². The van der Waals surface area contributed by atoms with E-state index >= 15 is 0 Å². The highest BCUT2D eigenvalue weighted by Crippen LogP contribution is 2.20. The first kappa shape index (κ1) is 12.4. The predicted molar refractivity (Wildman–Crippen MR) is 68.5 cm³/mol. The number of hydrogen-bond acceptors (Lipinski definition) is 3. The van der Waals surface area contributed by atoms with E-state index in [2.05, 4.69) is 30.9 Å². The highest BCUT2D eigenvalue weighted by Gasteiger charge is 2.31. The topological polar surface area (TPSA) is 21.7 Å². The molecule has 0 radical (unpaired) electrons. The summed E-state index contributed by atoms with van der Waals surface area (Å²) in [4.78, 5) is 2.38. The van der Waals surface area contributed by atoms with Gasteiger partial charge in [0.2, 0.25) is 0 Å². The molecule has 0 unspecified atom stereocenters. The van der Waals surface area contributed by atoms with Crippen LogP contribution in [0.3, 0.4) is 0 Å². The van der Waals surface area contributed by atoms with Gasteiger partial charge in [0, 0.05) is 26.2 Å². The van der Waals surface area contributed by atoms with Crippen molar-refractivity contribution in [2.24, 2.45) is 0 Å². The minimum Gasteiger partial charge on any atom is -0.488 e. The summed E-state index contributed by atoms with van der Waals surface area (Å²) < 4.78 is 11.0. The van der Waals surface area contributed by atoms with E-state index in [4.69, 9.17) is 9.47 Å². The molecule has 0 saturated carbocycles. The van der Waals surface area contributed by atoms with E-state index in [9.17, 15) is 0 Å². The lowest BCUT2D eigenvalue weighted by Crippen LogP contribution is -2.58. The largest absolute Gasteiger partial charge is 0.488 e. The zero-order chi connectivity index (χ0) is 12.3. The number of likely N-dealkylation sites (tertiary alicyclic amines) is 1. The van der Waals surface area contributed by atoms with Crippen molar-refractivity contribution in [3.8, 4) is 5.75 Å². The van der Waals surface area contributed by atoms with Crippen LogP contribution < -0.4 is 4.74 Å². The summed E-state index contributed by atoms with van der Waals surface area (Å²) >= 11 is 0. The summed E-state index contributed by atoms with van der Waals surface area (Å²) in [6.45, 7) is 7.06. The van der Waals surface area contributed by atoms with Crippen LogP contribution in [0.2, 0.25) is 0 Å². The zero-order valence-electron chi connectivity index (χ0n) is 10.8. The normalized spacial score (nSPS) is 18.8. The number of methoxy groups -OCH3 is 1. The van der Waals surface area contributed by atoms with Crippen LogP contribution in [0.1, 0.15) is 12.5 Å². The van der Waals surface area contributed by atoms with Gasteiger partial charge in [0.25, 0.3) is 0 Å². The predicted octanol–water partition coefficient (Wildman–Crippen LogP) is 2.09. The van der Waals surface area contributed by atoms with Gasteiger partial charge in [0.15, 0.2) is 0 Å². The van der Waals surface area contributed by atoms with Gasteiger partial charge >= 0.3 is 0 Å². The molecule has 2 rings (SSSR count). The summed E-state index contributed by atoms with van der Waals surface area (Å²) in [5.74, 6) is 0.972. The van der Waals surface area contributed by atoms with Gasteiger partial charge in [0.1, 0.15) is 11.9 Å². The maximum atomic E-state index is 5.88. The van der Waals surface area contributed by atoms with Crippen molar-refractivity contribution in [2.45, 2.75) is 26.0 Å². The molecular weight excluding hydrogens is 214 g/mol. The first-order chi connectivity index (χ1) is 8.19. The number of rotatable bonds is 5. The Balaban J connectivity index is 1.75. The van der Waals surface area contributed by atoms with Crippen molar-refractivity contribution >= 4 is 0 Å². The lowest BCUT2D eigenvalue weighted by Gasteiger charge is -2.42. The van der Waals surface area contributed by atoms with Crippen molar-refractivity contribution in [1.82, 2.24) is 4.90 Å². The molecule has 1 aromatic rings. The smallest absolute Gasteiger partial charge is 0.124 e. The standard InChI is InChI=1S/C14H21NO2/c1-11-4-6-13(7-5-11)17-14-8-15(9-14)12(2)10-16-3/h4-7,12,14H,8-10H2,1-3H3/t12-/m1/s1. The van der Waals surface area contributed by atoms with E-state index in [-0.39, 0.29) is 0 Å². The molecule has 3 nitrogen and oxygen atoms in total. The van der Waals surface area contributed by atoms with Crippen molar-refractivity contribution in [2.75, 3.05) is 26.8 Å². The second-order valence-corrected chi connectivity index (χ2v) is 4.81. The quantitative estimate of drug-likeness (QED) is 0.780. The average molecular weight is 235 g/mol. The van der Waals surface area contributed by atoms with Crippen LogP contribution in [0.4, 0.5) is 0 Å². The van der Waals surface area contributed by atoms with E-state index in [0.29, 0.717) is 12.1 Å². The molecule has 0 bridgehead atoms. The molecule has 1 heterocycles.